The number of benzene rings is 2. The van der Waals surface area contributed by atoms with Gasteiger partial charge in [-0.3, -0.25) is 4.79 Å². The third kappa shape index (κ3) is 2.38. The van der Waals surface area contributed by atoms with E-state index >= 15 is 0 Å². The van der Waals surface area contributed by atoms with Crippen LogP contribution in [0.3, 0.4) is 0 Å². The lowest BCUT2D eigenvalue weighted by atomic mass is 10.1. The van der Waals surface area contributed by atoms with Gasteiger partial charge < -0.3 is 14.9 Å². The minimum absolute atomic E-state index is 0.0950. The smallest absolute Gasteiger partial charge is 0.255 e. The van der Waals surface area contributed by atoms with E-state index in [4.69, 9.17) is 0 Å². The molecule has 0 fully saturated rings. The summed E-state index contributed by atoms with van der Waals surface area (Å²) in [5, 5.41) is 5.13. The first-order valence-electron chi connectivity index (χ1n) is 7.56. The Kier molecular flexibility index (Phi) is 2.98. The maximum Gasteiger partial charge on any atom is 0.255 e. The second kappa shape index (κ2) is 5.02. The SMILES string of the molecule is Cc1cc2cc(NC(=O)c3ccc4c(ccn4C)c3)ccc2[nH]1. The highest BCUT2D eigenvalue weighted by Crippen LogP contribution is 2.21. The van der Waals surface area contributed by atoms with Crippen molar-refractivity contribution in [3.8, 4) is 0 Å². The van der Waals surface area contributed by atoms with Crippen molar-refractivity contribution in [1.29, 1.82) is 0 Å². The molecule has 4 heteroatoms. The van der Waals surface area contributed by atoms with E-state index in [1.165, 1.54) is 0 Å². The van der Waals surface area contributed by atoms with E-state index in [0.717, 1.165) is 33.2 Å². The quantitative estimate of drug-likeness (QED) is 0.572. The van der Waals surface area contributed by atoms with Crippen LogP contribution in [0, 0.1) is 6.92 Å². The fraction of sp³-hybridized carbons (Fsp3) is 0.105. The van der Waals surface area contributed by atoms with Crippen molar-refractivity contribution in [3.63, 3.8) is 0 Å². The lowest BCUT2D eigenvalue weighted by molar-refractivity contribution is 0.102. The summed E-state index contributed by atoms with van der Waals surface area (Å²) in [5.41, 5.74) is 4.76. The number of aromatic nitrogens is 2. The van der Waals surface area contributed by atoms with E-state index in [0.29, 0.717) is 5.56 Å². The van der Waals surface area contributed by atoms with Gasteiger partial charge >= 0.3 is 0 Å². The fourth-order valence-corrected chi connectivity index (χ4v) is 2.98. The summed E-state index contributed by atoms with van der Waals surface area (Å²) in [4.78, 5) is 15.8. The van der Waals surface area contributed by atoms with Crippen LogP contribution >= 0.6 is 0 Å². The van der Waals surface area contributed by atoms with Gasteiger partial charge in [-0.1, -0.05) is 0 Å². The zero-order valence-electron chi connectivity index (χ0n) is 13.1. The van der Waals surface area contributed by atoms with Crippen molar-refractivity contribution in [3.05, 3.63) is 66.0 Å². The lowest BCUT2D eigenvalue weighted by Crippen LogP contribution is -2.11. The van der Waals surface area contributed by atoms with E-state index in [2.05, 4.69) is 16.4 Å². The topological polar surface area (TPSA) is 49.8 Å². The van der Waals surface area contributed by atoms with Gasteiger partial charge in [0.1, 0.15) is 0 Å². The Bertz CT molecular complexity index is 1040. The summed E-state index contributed by atoms with van der Waals surface area (Å²) in [5.74, 6) is -0.0950. The molecule has 2 aromatic carbocycles. The van der Waals surface area contributed by atoms with Crippen LogP contribution in [0.4, 0.5) is 5.69 Å². The average Bonchev–Trinajstić information content (AvgIpc) is 3.08. The number of nitrogens with one attached hydrogen (secondary N) is 2. The van der Waals surface area contributed by atoms with Gasteiger partial charge in [-0.25, -0.2) is 0 Å². The average molecular weight is 303 g/mol. The molecule has 0 aliphatic heterocycles. The van der Waals surface area contributed by atoms with Crippen molar-refractivity contribution in [2.24, 2.45) is 7.05 Å². The predicted octanol–water partition coefficient (Wildman–Crippen LogP) is 4.22. The second-order valence-corrected chi connectivity index (χ2v) is 5.91. The molecule has 1 amide bonds. The molecule has 0 saturated heterocycles. The summed E-state index contributed by atoms with van der Waals surface area (Å²) in [7, 11) is 2.00. The molecule has 0 unspecified atom stereocenters. The van der Waals surface area contributed by atoms with Gasteiger partial charge in [-0.15, -0.1) is 0 Å². The fourth-order valence-electron chi connectivity index (χ4n) is 2.98. The molecule has 4 aromatic rings. The molecule has 2 aromatic heterocycles. The summed E-state index contributed by atoms with van der Waals surface area (Å²) >= 11 is 0. The van der Waals surface area contributed by atoms with Gasteiger partial charge in [0.15, 0.2) is 0 Å². The molecule has 0 aliphatic carbocycles. The van der Waals surface area contributed by atoms with Crippen LogP contribution in [0.2, 0.25) is 0 Å². The standard InChI is InChI=1S/C19H17N3O/c1-12-9-15-11-16(4-5-17(15)20-12)21-19(23)14-3-6-18-13(10-14)7-8-22(18)2/h3-11,20H,1-2H3,(H,21,23). The highest BCUT2D eigenvalue weighted by atomic mass is 16.1. The van der Waals surface area contributed by atoms with Gasteiger partial charge in [0, 0.05) is 52.0 Å². The molecule has 0 saturated carbocycles. The Morgan fingerprint density at radius 3 is 2.78 bits per heavy atom. The highest BCUT2D eigenvalue weighted by molar-refractivity contribution is 6.07. The Morgan fingerprint density at radius 2 is 1.91 bits per heavy atom. The van der Waals surface area contributed by atoms with Crippen LogP contribution in [-0.4, -0.2) is 15.5 Å². The van der Waals surface area contributed by atoms with E-state index < -0.39 is 0 Å². The molecule has 4 rings (SSSR count). The number of amides is 1. The molecule has 4 nitrogen and oxygen atoms in total. The number of carbonyl (C=O) groups is 1. The van der Waals surface area contributed by atoms with Crippen molar-refractivity contribution < 1.29 is 4.79 Å². The van der Waals surface area contributed by atoms with Crippen LogP contribution in [0.25, 0.3) is 21.8 Å². The summed E-state index contributed by atoms with van der Waals surface area (Å²) < 4.78 is 2.04. The number of carbonyl (C=O) groups excluding carboxylic acids is 1. The minimum atomic E-state index is -0.0950. The van der Waals surface area contributed by atoms with Gasteiger partial charge in [-0.05, 0) is 55.5 Å². The number of hydrogen-bond acceptors (Lipinski definition) is 1. The van der Waals surface area contributed by atoms with Gasteiger partial charge in [-0.2, -0.15) is 0 Å². The second-order valence-electron chi connectivity index (χ2n) is 5.91. The first-order chi connectivity index (χ1) is 11.1. The zero-order valence-corrected chi connectivity index (χ0v) is 13.1. The molecule has 0 radical (unpaired) electrons. The van der Waals surface area contributed by atoms with Gasteiger partial charge in [0.05, 0.1) is 0 Å². The van der Waals surface area contributed by atoms with Crippen molar-refractivity contribution in [2.45, 2.75) is 6.92 Å². The number of H-pyrrole nitrogens is 1. The number of nitrogens with zero attached hydrogens (tertiary/aromatic N) is 1. The monoisotopic (exact) mass is 303 g/mol. The molecular formula is C19H17N3O. The Hall–Kier alpha value is -3.01. The molecule has 2 N–H and O–H groups in total. The number of fused-ring (bicyclic) bond motifs is 2. The number of hydrogen-bond donors (Lipinski definition) is 2. The molecule has 0 spiro atoms. The molecule has 23 heavy (non-hydrogen) atoms. The largest absolute Gasteiger partial charge is 0.359 e. The van der Waals surface area contributed by atoms with Crippen molar-refractivity contribution in [1.82, 2.24) is 9.55 Å². The third-order valence-electron chi connectivity index (χ3n) is 4.16. The van der Waals surface area contributed by atoms with Crippen LogP contribution in [-0.2, 0) is 7.05 Å². The number of aromatic amines is 1. The number of aryl methyl sites for hydroxylation is 2. The maximum atomic E-state index is 12.5. The van der Waals surface area contributed by atoms with Crippen LogP contribution in [0.15, 0.2) is 54.7 Å². The molecule has 0 aliphatic rings. The zero-order chi connectivity index (χ0) is 16.0. The summed E-state index contributed by atoms with van der Waals surface area (Å²) in [6, 6.07) is 15.7. The van der Waals surface area contributed by atoms with Crippen LogP contribution in [0.1, 0.15) is 16.1 Å². The molecule has 114 valence electrons. The van der Waals surface area contributed by atoms with Crippen molar-refractivity contribution in [2.75, 3.05) is 5.32 Å². The third-order valence-corrected chi connectivity index (χ3v) is 4.16. The summed E-state index contributed by atoms with van der Waals surface area (Å²) in [6.07, 6.45) is 1.99. The van der Waals surface area contributed by atoms with E-state index in [1.807, 2.05) is 67.2 Å². The van der Waals surface area contributed by atoms with E-state index in [9.17, 15) is 4.79 Å². The minimum Gasteiger partial charge on any atom is -0.359 e. The first kappa shape index (κ1) is 13.6. The Balaban J connectivity index is 1.64. The Morgan fingerprint density at radius 1 is 1.04 bits per heavy atom. The summed E-state index contributed by atoms with van der Waals surface area (Å²) in [6.45, 7) is 2.02. The first-order valence-corrected chi connectivity index (χ1v) is 7.56. The number of anilines is 1. The molecule has 2 heterocycles. The maximum absolute atomic E-state index is 12.5. The molecule has 0 atom stereocenters. The Labute approximate surface area is 133 Å². The normalized spacial score (nSPS) is 11.2. The lowest BCUT2D eigenvalue weighted by Gasteiger charge is -2.06. The van der Waals surface area contributed by atoms with Gasteiger partial charge in [0.2, 0.25) is 0 Å². The van der Waals surface area contributed by atoms with Crippen LogP contribution < -0.4 is 5.32 Å². The van der Waals surface area contributed by atoms with Crippen molar-refractivity contribution >= 4 is 33.4 Å². The van der Waals surface area contributed by atoms with Gasteiger partial charge in [0.25, 0.3) is 5.91 Å². The predicted molar refractivity (Wildman–Crippen MR) is 93.9 cm³/mol. The van der Waals surface area contributed by atoms with Crippen LogP contribution in [0.5, 0.6) is 0 Å². The highest BCUT2D eigenvalue weighted by Gasteiger charge is 2.09. The van der Waals surface area contributed by atoms with E-state index in [-0.39, 0.29) is 5.91 Å². The molecular weight excluding hydrogens is 286 g/mol. The molecule has 0 bridgehead atoms. The number of rotatable bonds is 2. The van der Waals surface area contributed by atoms with E-state index in [1.54, 1.807) is 0 Å².